The number of ether oxygens (including phenoxy) is 3. The van der Waals surface area contributed by atoms with Gasteiger partial charge in [0.1, 0.15) is 23.8 Å². The lowest BCUT2D eigenvalue weighted by molar-refractivity contribution is -0.141. The smallest absolute Gasteiger partial charge is 0.243 e. The number of hydrogen-bond donors (Lipinski definition) is 4. The second kappa shape index (κ2) is 23.7. The molecule has 0 radical (unpaired) electrons. The second-order valence-corrected chi connectivity index (χ2v) is 22.8. The molecule has 20 heteroatoms. The Balaban J connectivity index is 0.577. The summed E-state index contributed by atoms with van der Waals surface area (Å²) in [5.74, 6) is 0.882. The summed E-state index contributed by atoms with van der Waals surface area (Å²) in [5.41, 5.74) is 11.0. The zero-order valence-corrected chi connectivity index (χ0v) is 45.5. The number of pyridine rings is 1. The zero-order valence-electron chi connectivity index (χ0n) is 45.5. The Morgan fingerprint density at radius 2 is 1.58 bits per heavy atom. The molecule has 6 atom stereocenters. The van der Waals surface area contributed by atoms with Crippen LogP contribution < -0.4 is 30.5 Å². The Labute approximate surface area is 461 Å². The van der Waals surface area contributed by atoms with Crippen LogP contribution in [0, 0.1) is 17.2 Å². The molecule has 79 heavy (non-hydrogen) atoms. The fourth-order valence-electron chi connectivity index (χ4n) is 12.7. The average Bonchev–Trinajstić information content (AvgIpc) is 4.33. The van der Waals surface area contributed by atoms with Gasteiger partial charge in [0, 0.05) is 113 Å². The van der Waals surface area contributed by atoms with Gasteiger partial charge in [-0.05, 0) is 93.3 Å². The van der Waals surface area contributed by atoms with E-state index in [4.69, 9.17) is 29.7 Å². The Morgan fingerprint density at radius 3 is 2.30 bits per heavy atom. The van der Waals surface area contributed by atoms with Crippen LogP contribution in [0.15, 0.2) is 83.5 Å². The minimum atomic E-state index is -0.833. The van der Waals surface area contributed by atoms with Crippen LogP contribution in [0.25, 0.3) is 11.3 Å². The largest absolute Gasteiger partial charge is 0.507 e. The van der Waals surface area contributed by atoms with Crippen molar-refractivity contribution in [2.45, 2.75) is 139 Å². The summed E-state index contributed by atoms with van der Waals surface area (Å²) >= 11 is 0. The number of β-amino-alcohol motifs (C(OH)–C–C–N with tert-alkyl or cyclic N) is 1. The maximum Gasteiger partial charge on any atom is 0.243 e. The molecule has 2 aromatic carbocycles. The lowest BCUT2D eigenvalue weighted by Gasteiger charge is -2.43. The van der Waals surface area contributed by atoms with E-state index >= 15 is 0 Å². The maximum atomic E-state index is 14.2. The molecule has 11 rings (SSSR count). The molecule has 6 fully saturated rings. The van der Waals surface area contributed by atoms with Gasteiger partial charge in [-0.25, -0.2) is 4.98 Å². The van der Waals surface area contributed by atoms with E-state index in [2.05, 4.69) is 63.5 Å². The number of aliphatic hydroxyl groups excluding tert-OH is 1. The van der Waals surface area contributed by atoms with Crippen molar-refractivity contribution in [3.63, 3.8) is 0 Å². The van der Waals surface area contributed by atoms with Gasteiger partial charge >= 0.3 is 0 Å². The molecule has 8 heterocycles. The van der Waals surface area contributed by atoms with Gasteiger partial charge in [0.2, 0.25) is 17.7 Å². The van der Waals surface area contributed by atoms with Gasteiger partial charge in [0.15, 0.2) is 17.4 Å². The third kappa shape index (κ3) is 12.1. The standard InChI is InChI=1S/C59H74N12O8/c1-36(2)56(59(75)70-35-43(72)27-51(70)58(74)63-37(3)39-10-8-38(32-60)9-11-39)53-31-54(66-79-53)68-22-17-44(18-23-68)76-25-24-67-20-15-45(16-21-67)77-46-28-47(29-46)78-55-26-40(14-19-62-55)71-41-12-13-42(71)34-69(33-41)50-30-49(64-65-57(50)61)48-6-4-5-7-52(48)73/h4-11,14,19,26,30-31,36-37,41-47,51,56,72-73H,12-13,15-18,20-25,27-29,33-35H2,1-3H3,(H2,61,65)(H,63,74)/t37-,41+,42?,43+,46?,47?,51-,56-/m0/s1. The number of aliphatic hydroxyl groups is 1. The first-order valence-corrected chi connectivity index (χ1v) is 28.4. The summed E-state index contributed by atoms with van der Waals surface area (Å²) < 4.78 is 25.3. The number of nitrogens with one attached hydrogen (secondary N) is 1. The summed E-state index contributed by atoms with van der Waals surface area (Å²) in [6.07, 6.45) is 9.43. The molecule has 0 spiro atoms. The molecule has 2 bridgehead atoms. The van der Waals surface area contributed by atoms with E-state index in [0.717, 1.165) is 114 Å². The van der Waals surface area contributed by atoms with Gasteiger partial charge in [0.25, 0.3) is 0 Å². The Bertz CT molecular complexity index is 2940. The summed E-state index contributed by atoms with van der Waals surface area (Å²) in [6.45, 7) is 12.4. The van der Waals surface area contributed by atoms with Gasteiger partial charge < -0.3 is 64.5 Å². The van der Waals surface area contributed by atoms with Crippen LogP contribution in [-0.2, 0) is 19.1 Å². The van der Waals surface area contributed by atoms with Gasteiger partial charge in [-0.15, -0.1) is 10.2 Å². The highest BCUT2D eigenvalue weighted by Crippen LogP contribution is 2.41. The molecule has 1 unspecified atom stereocenters. The van der Waals surface area contributed by atoms with Crippen LogP contribution >= 0.6 is 0 Å². The molecule has 5 aliphatic heterocycles. The monoisotopic (exact) mass is 1080 g/mol. The van der Waals surface area contributed by atoms with Crippen LogP contribution in [0.5, 0.6) is 11.6 Å². The van der Waals surface area contributed by atoms with E-state index in [0.29, 0.717) is 58.8 Å². The number of amides is 2. The minimum absolute atomic E-state index is 0.0557. The SMILES string of the molecule is CC(C)[C@H](C(=O)N1C[C@H](O)C[C@H]1C(=O)N[C@@H](C)c1ccc(C#N)cc1)c1cc(N2CCC(OCCN3CCC(OC4CC(Oc5cc(N6C7CC[C@@H]6CN(c6cc(-c8ccccc8O)nnc6N)C7)ccn5)C4)CC3)CC2)no1. The number of aromatic nitrogens is 4. The quantitative estimate of drug-likeness (QED) is 0.0763. The number of benzene rings is 2. The molecule has 2 amide bonds. The second-order valence-electron chi connectivity index (χ2n) is 22.8. The topological polar surface area (TPSA) is 245 Å². The lowest BCUT2D eigenvalue weighted by Crippen LogP contribution is -2.54. The molecule has 1 saturated carbocycles. The number of nitrogens with two attached hydrogens (primary N) is 1. The third-order valence-electron chi connectivity index (χ3n) is 17.1. The van der Waals surface area contributed by atoms with Crippen molar-refractivity contribution in [2.75, 3.05) is 79.4 Å². The van der Waals surface area contributed by atoms with Crippen molar-refractivity contribution in [3.05, 3.63) is 95.9 Å². The zero-order chi connectivity index (χ0) is 54.7. The highest BCUT2D eigenvalue weighted by molar-refractivity contribution is 5.91. The van der Waals surface area contributed by atoms with E-state index in [-0.39, 0.29) is 66.9 Å². The molecule has 5 saturated heterocycles. The molecule has 20 nitrogen and oxygen atoms in total. The highest BCUT2D eigenvalue weighted by atomic mass is 16.5. The number of nitriles is 1. The molecule has 6 aliphatic rings. The molecule has 418 valence electrons. The lowest BCUT2D eigenvalue weighted by atomic mass is 9.91. The molecular formula is C59H74N12O8. The van der Waals surface area contributed by atoms with Crippen LogP contribution in [0.3, 0.4) is 0 Å². The Morgan fingerprint density at radius 1 is 0.848 bits per heavy atom. The van der Waals surface area contributed by atoms with Crippen molar-refractivity contribution in [2.24, 2.45) is 5.92 Å². The number of phenols is 1. The highest BCUT2D eigenvalue weighted by Gasteiger charge is 2.45. The number of nitrogen functional groups attached to an aromatic ring is 1. The van der Waals surface area contributed by atoms with Gasteiger partial charge in [-0.1, -0.05) is 43.3 Å². The van der Waals surface area contributed by atoms with Gasteiger partial charge in [-0.2, -0.15) is 5.26 Å². The van der Waals surface area contributed by atoms with Crippen molar-refractivity contribution in [1.82, 2.24) is 35.5 Å². The summed E-state index contributed by atoms with van der Waals surface area (Å²) in [5, 5.41) is 46.3. The molecule has 5 aromatic rings. The molecular weight excluding hydrogens is 1000 g/mol. The number of likely N-dealkylation sites (tertiary alicyclic amines) is 2. The number of piperazine rings is 1. The first-order valence-electron chi connectivity index (χ1n) is 28.4. The fraction of sp³-hybridized carbons (Fsp3) is 0.542. The average molecular weight is 1080 g/mol. The van der Waals surface area contributed by atoms with Gasteiger partial charge in [-0.3, -0.25) is 9.59 Å². The van der Waals surface area contributed by atoms with E-state index in [1.165, 1.54) is 4.90 Å². The molecule has 5 N–H and O–H groups in total. The van der Waals surface area contributed by atoms with Crippen molar-refractivity contribution in [3.8, 4) is 29.0 Å². The number of carbonyl (C=O) groups excluding carboxylic acids is 2. The molecule has 1 aliphatic carbocycles. The predicted octanol–water partition coefficient (Wildman–Crippen LogP) is 6.20. The number of hydrogen-bond acceptors (Lipinski definition) is 18. The Hall–Kier alpha value is -7.05. The van der Waals surface area contributed by atoms with Crippen LogP contribution in [-0.4, -0.2) is 160 Å². The number of phenolic OH excluding ortho intramolecular Hbond substituents is 1. The Kier molecular flexibility index (Phi) is 16.2. The van der Waals surface area contributed by atoms with Crippen molar-refractivity contribution < 1.29 is 38.5 Å². The van der Waals surface area contributed by atoms with E-state index < -0.39 is 18.1 Å². The van der Waals surface area contributed by atoms with E-state index in [1.807, 2.05) is 51.2 Å². The van der Waals surface area contributed by atoms with Crippen LogP contribution in [0.2, 0.25) is 0 Å². The first-order chi connectivity index (χ1) is 38.3. The van der Waals surface area contributed by atoms with Crippen LogP contribution in [0.4, 0.5) is 23.0 Å². The number of carbonyl (C=O) groups is 2. The van der Waals surface area contributed by atoms with Gasteiger partial charge in [0.05, 0.1) is 60.1 Å². The summed E-state index contributed by atoms with van der Waals surface area (Å²) in [7, 11) is 0. The van der Waals surface area contributed by atoms with E-state index in [1.54, 1.807) is 36.4 Å². The summed E-state index contributed by atoms with van der Waals surface area (Å²) in [4.78, 5) is 43.4. The third-order valence-corrected chi connectivity index (χ3v) is 17.1. The number of piperidine rings is 2. The first kappa shape index (κ1) is 53.9. The number of nitrogens with zero attached hydrogens (tertiary/aromatic N) is 10. The number of fused-ring (bicyclic) bond motifs is 2. The number of aromatic hydroxyl groups is 1. The number of anilines is 4. The maximum absolute atomic E-state index is 14.2. The van der Waals surface area contributed by atoms with Crippen molar-refractivity contribution >= 4 is 34.8 Å². The predicted molar refractivity (Wildman–Crippen MR) is 296 cm³/mol. The number of para-hydroxylation sites is 1. The van der Waals surface area contributed by atoms with Crippen LogP contribution in [0.1, 0.15) is 107 Å². The summed E-state index contributed by atoms with van der Waals surface area (Å²) in [6, 6.07) is 23.6. The fourth-order valence-corrected chi connectivity index (χ4v) is 12.7. The van der Waals surface area contributed by atoms with Crippen molar-refractivity contribution in [1.29, 1.82) is 5.26 Å². The van der Waals surface area contributed by atoms with E-state index in [9.17, 15) is 19.8 Å². The number of rotatable bonds is 18. The molecule has 3 aromatic heterocycles. The minimum Gasteiger partial charge on any atom is -0.507 e. The normalized spacial score (nSPS) is 24.6.